The van der Waals surface area contributed by atoms with Crippen LogP contribution in [0.3, 0.4) is 0 Å². The first-order valence-electron chi connectivity index (χ1n) is 6.47. The van der Waals surface area contributed by atoms with Crippen LogP contribution in [0.4, 0.5) is 0 Å². The number of aliphatic carboxylic acids is 1. The number of aromatic nitrogens is 1. The van der Waals surface area contributed by atoms with Gasteiger partial charge in [-0.3, -0.25) is 9.59 Å². The van der Waals surface area contributed by atoms with Gasteiger partial charge >= 0.3 is 5.97 Å². The highest BCUT2D eigenvalue weighted by atomic mass is 32.2. The molecule has 0 bridgehead atoms. The molecule has 7 heteroatoms. The topological polar surface area (TPSA) is 79.3 Å². The van der Waals surface area contributed by atoms with Gasteiger partial charge in [0.25, 0.3) is 0 Å². The van der Waals surface area contributed by atoms with Crippen LogP contribution in [0.15, 0.2) is 5.38 Å². The predicted molar refractivity (Wildman–Crippen MR) is 82.1 cm³/mol. The summed E-state index contributed by atoms with van der Waals surface area (Å²) in [5.74, 6) is 0.341. The Labute approximate surface area is 127 Å². The van der Waals surface area contributed by atoms with Gasteiger partial charge < -0.3 is 10.4 Å². The van der Waals surface area contributed by atoms with Crippen LogP contribution >= 0.6 is 23.1 Å². The Balaban J connectivity index is 2.11. The summed E-state index contributed by atoms with van der Waals surface area (Å²) in [6, 6.07) is 0.0176. The van der Waals surface area contributed by atoms with Crippen molar-refractivity contribution in [2.45, 2.75) is 44.9 Å². The molecule has 0 aliphatic heterocycles. The van der Waals surface area contributed by atoms with Crippen LogP contribution in [0, 0.1) is 6.92 Å². The number of nitrogens with one attached hydrogen (secondary N) is 1. The van der Waals surface area contributed by atoms with E-state index in [4.69, 9.17) is 5.11 Å². The van der Waals surface area contributed by atoms with Crippen molar-refractivity contribution < 1.29 is 14.7 Å². The first kappa shape index (κ1) is 17.0. The van der Waals surface area contributed by atoms with E-state index >= 15 is 0 Å². The third-order valence-corrected chi connectivity index (χ3v) is 4.37. The van der Waals surface area contributed by atoms with E-state index in [0.29, 0.717) is 18.6 Å². The largest absolute Gasteiger partial charge is 0.481 e. The van der Waals surface area contributed by atoms with Crippen molar-refractivity contribution in [3.63, 3.8) is 0 Å². The standard InChI is InChI=1S/C13H20N2O3S2/c1-9(4-3-5-13(17)18)14-12(16)8-19-6-11-7-20-10(2)15-11/h7,9H,3-6,8H2,1-2H3,(H,14,16)(H,17,18). The number of nitrogens with zero attached hydrogens (tertiary/aromatic N) is 1. The molecular weight excluding hydrogens is 296 g/mol. The van der Waals surface area contributed by atoms with Gasteiger partial charge in [-0.15, -0.1) is 23.1 Å². The molecule has 0 spiro atoms. The van der Waals surface area contributed by atoms with Gasteiger partial charge in [-0.1, -0.05) is 0 Å². The summed E-state index contributed by atoms with van der Waals surface area (Å²) in [6.07, 6.45) is 1.42. The molecule has 5 nitrogen and oxygen atoms in total. The first-order chi connectivity index (χ1) is 9.47. The van der Waals surface area contributed by atoms with Crippen molar-refractivity contribution in [2.75, 3.05) is 5.75 Å². The normalized spacial score (nSPS) is 12.1. The monoisotopic (exact) mass is 316 g/mol. The van der Waals surface area contributed by atoms with E-state index < -0.39 is 5.97 Å². The minimum Gasteiger partial charge on any atom is -0.481 e. The number of hydrogen-bond acceptors (Lipinski definition) is 5. The molecule has 0 saturated carbocycles. The molecule has 0 fully saturated rings. The maximum absolute atomic E-state index is 11.7. The van der Waals surface area contributed by atoms with E-state index in [2.05, 4.69) is 10.3 Å². The Morgan fingerprint density at radius 3 is 2.90 bits per heavy atom. The minimum atomic E-state index is -0.794. The number of thioether (sulfide) groups is 1. The van der Waals surface area contributed by atoms with Crippen molar-refractivity contribution in [3.05, 3.63) is 16.1 Å². The molecule has 1 heterocycles. The highest BCUT2D eigenvalue weighted by Crippen LogP contribution is 2.14. The number of amides is 1. The predicted octanol–water partition coefficient (Wildman–Crippen LogP) is 2.44. The molecule has 0 aliphatic rings. The van der Waals surface area contributed by atoms with Crippen LogP contribution in [0.5, 0.6) is 0 Å². The summed E-state index contributed by atoms with van der Waals surface area (Å²) in [6.45, 7) is 3.86. The van der Waals surface area contributed by atoms with Crippen molar-refractivity contribution in [1.82, 2.24) is 10.3 Å². The van der Waals surface area contributed by atoms with Gasteiger partial charge in [0.15, 0.2) is 0 Å². The SMILES string of the molecule is Cc1nc(CSCC(=O)NC(C)CCCC(=O)O)cs1. The molecule has 0 saturated heterocycles. The summed E-state index contributed by atoms with van der Waals surface area (Å²) in [4.78, 5) is 26.4. The van der Waals surface area contributed by atoms with Gasteiger partial charge in [0.2, 0.25) is 5.91 Å². The quantitative estimate of drug-likeness (QED) is 0.731. The number of aryl methyl sites for hydroxylation is 1. The third-order valence-electron chi connectivity index (χ3n) is 2.58. The molecule has 1 atom stereocenters. The van der Waals surface area contributed by atoms with Gasteiger partial charge in [0, 0.05) is 23.6 Å². The van der Waals surface area contributed by atoms with E-state index in [1.807, 2.05) is 19.2 Å². The molecule has 1 rings (SSSR count). The number of hydrogen-bond donors (Lipinski definition) is 2. The molecule has 1 unspecified atom stereocenters. The van der Waals surface area contributed by atoms with Gasteiger partial charge in [-0.05, 0) is 26.7 Å². The van der Waals surface area contributed by atoms with Crippen LogP contribution in [0.1, 0.15) is 36.9 Å². The highest BCUT2D eigenvalue weighted by molar-refractivity contribution is 7.99. The Morgan fingerprint density at radius 1 is 1.55 bits per heavy atom. The molecular formula is C13H20N2O3S2. The third kappa shape index (κ3) is 7.49. The number of carbonyl (C=O) groups is 2. The zero-order valence-corrected chi connectivity index (χ0v) is 13.4. The van der Waals surface area contributed by atoms with E-state index in [1.165, 1.54) is 11.8 Å². The minimum absolute atomic E-state index is 0.00947. The summed E-state index contributed by atoms with van der Waals surface area (Å²) in [5.41, 5.74) is 1.01. The molecule has 1 amide bonds. The van der Waals surface area contributed by atoms with Crippen molar-refractivity contribution in [2.24, 2.45) is 0 Å². The van der Waals surface area contributed by atoms with E-state index in [1.54, 1.807) is 11.3 Å². The Morgan fingerprint density at radius 2 is 2.30 bits per heavy atom. The maximum atomic E-state index is 11.7. The Bertz CT molecular complexity index is 449. The van der Waals surface area contributed by atoms with E-state index in [9.17, 15) is 9.59 Å². The first-order valence-corrected chi connectivity index (χ1v) is 8.50. The van der Waals surface area contributed by atoms with Crippen LogP contribution in [-0.4, -0.2) is 33.8 Å². The molecule has 2 N–H and O–H groups in total. The second-order valence-electron chi connectivity index (χ2n) is 4.61. The van der Waals surface area contributed by atoms with Crippen molar-refractivity contribution >= 4 is 35.0 Å². The zero-order valence-electron chi connectivity index (χ0n) is 11.7. The lowest BCUT2D eigenvalue weighted by atomic mass is 10.1. The molecule has 0 radical (unpaired) electrons. The van der Waals surface area contributed by atoms with Crippen LogP contribution in [0.2, 0.25) is 0 Å². The van der Waals surface area contributed by atoms with E-state index in [0.717, 1.165) is 16.5 Å². The molecule has 0 aliphatic carbocycles. The van der Waals surface area contributed by atoms with E-state index in [-0.39, 0.29) is 18.4 Å². The summed E-state index contributed by atoms with van der Waals surface area (Å²) in [7, 11) is 0. The van der Waals surface area contributed by atoms with Crippen molar-refractivity contribution in [1.29, 1.82) is 0 Å². The molecule has 1 aromatic rings. The lowest BCUT2D eigenvalue weighted by Gasteiger charge is -2.12. The van der Waals surface area contributed by atoms with Crippen LogP contribution in [0.25, 0.3) is 0 Å². The summed E-state index contributed by atoms with van der Waals surface area (Å²) >= 11 is 3.15. The van der Waals surface area contributed by atoms with Gasteiger partial charge in [-0.25, -0.2) is 4.98 Å². The fourth-order valence-electron chi connectivity index (χ4n) is 1.67. The smallest absolute Gasteiger partial charge is 0.303 e. The fourth-order valence-corrected chi connectivity index (χ4v) is 3.12. The molecule has 1 aromatic heterocycles. The number of carboxylic acid groups (broad SMARTS) is 1. The average Bonchev–Trinajstić information content (AvgIpc) is 2.74. The molecule has 0 aromatic carbocycles. The van der Waals surface area contributed by atoms with Crippen molar-refractivity contribution in [3.8, 4) is 0 Å². The highest BCUT2D eigenvalue weighted by Gasteiger charge is 2.09. The Kier molecular flexibility index (Phi) is 7.61. The zero-order chi connectivity index (χ0) is 15.0. The number of thiazole rings is 1. The van der Waals surface area contributed by atoms with Crippen LogP contribution < -0.4 is 5.32 Å². The number of carboxylic acids is 1. The number of rotatable bonds is 9. The average molecular weight is 316 g/mol. The molecule has 112 valence electrons. The lowest BCUT2D eigenvalue weighted by molar-refractivity contribution is -0.137. The fraction of sp³-hybridized carbons (Fsp3) is 0.615. The summed E-state index contributed by atoms with van der Waals surface area (Å²) < 4.78 is 0. The van der Waals surface area contributed by atoms with Gasteiger partial charge in [-0.2, -0.15) is 0 Å². The summed E-state index contributed by atoms with van der Waals surface area (Å²) in [5, 5.41) is 14.5. The Hall–Kier alpha value is -1.08. The number of carbonyl (C=O) groups excluding carboxylic acids is 1. The maximum Gasteiger partial charge on any atom is 0.303 e. The molecule has 20 heavy (non-hydrogen) atoms. The van der Waals surface area contributed by atoms with Crippen LogP contribution in [-0.2, 0) is 15.3 Å². The second-order valence-corrected chi connectivity index (χ2v) is 6.65. The van der Waals surface area contributed by atoms with Gasteiger partial charge in [0.1, 0.15) is 0 Å². The van der Waals surface area contributed by atoms with Gasteiger partial charge in [0.05, 0.1) is 16.5 Å². The second kappa shape index (κ2) is 8.97. The lowest BCUT2D eigenvalue weighted by Crippen LogP contribution is -2.33.